The minimum atomic E-state index is -0.142. The summed E-state index contributed by atoms with van der Waals surface area (Å²) in [5.41, 5.74) is -0.142. The van der Waals surface area contributed by atoms with E-state index in [1.165, 1.54) is 12.8 Å². The first-order valence-electron chi connectivity index (χ1n) is 7.41. The molecule has 0 aromatic heterocycles. The van der Waals surface area contributed by atoms with Crippen LogP contribution in [0.2, 0.25) is 0 Å². The Balaban J connectivity index is 2.53. The quantitative estimate of drug-likeness (QED) is 0.725. The Morgan fingerprint density at radius 3 is 2.83 bits per heavy atom. The molecule has 1 aliphatic carbocycles. The fourth-order valence-electron chi connectivity index (χ4n) is 2.95. The Bertz CT molecular complexity index is 269. The molecule has 0 radical (unpaired) electrons. The summed E-state index contributed by atoms with van der Waals surface area (Å²) in [6.45, 7) is 6.44. The lowest BCUT2D eigenvalue weighted by Crippen LogP contribution is -2.54. The molecular formula is C15H28ClNO. The molecule has 0 spiro atoms. The molecule has 0 aromatic rings. The highest BCUT2D eigenvalue weighted by atomic mass is 35.5. The van der Waals surface area contributed by atoms with Gasteiger partial charge in [-0.05, 0) is 25.2 Å². The third kappa shape index (κ3) is 4.46. The lowest BCUT2D eigenvalue weighted by atomic mass is 9.77. The number of amides is 1. The highest BCUT2D eigenvalue weighted by molar-refractivity contribution is 6.18. The van der Waals surface area contributed by atoms with Crippen molar-refractivity contribution in [3.05, 3.63) is 0 Å². The van der Waals surface area contributed by atoms with Crippen LogP contribution in [0, 0.1) is 11.8 Å². The fourth-order valence-corrected chi connectivity index (χ4v) is 3.26. The summed E-state index contributed by atoms with van der Waals surface area (Å²) in [5, 5.41) is 3.25. The van der Waals surface area contributed by atoms with E-state index in [1.54, 1.807) is 0 Å². The van der Waals surface area contributed by atoms with Crippen LogP contribution in [0.3, 0.4) is 0 Å². The summed E-state index contributed by atoms with van der Waals surface area (Å²) in [7, 11) is 0. The molecule has 2 nitrogen and oxygen atoms in total. The third-order valence-electron chi connectivity index (χ3n) is 4.17. The van der Waals surface area contributed by atoms with Gasteiger partial charge >= 0.3 is 0 Å². The van der Waals surface area contributed by atoms with Gasteiger partial charge in [0.15, 0.2) is 0 Å². The molecule has 0 saturated heterocycles. The molecular weight excluding hydrogens is 246 g/mol. The first kappa shape index (κ1) is 15.8. The summed E-state index contributed by atoms with van der Waals surface area (Å²) in [5.74, 6) is 1.52. The van der Waals surface area contributed by atoms with Crippen molar-refractivity contribution in [1.29, 1.82) is 0 Å². The van der Waals surface area contributed by atoms with Gasteiger partial charge < -0.3 is 5.32 Å². The zero-order valence-electron chi connectivity index (χ0n) is 12.1. The molecule has 3 heteroatoms. The van der Waals surface area contributed by atoms with Crippen molar-refractivity contribution >= 4 is 17.5 Å². The van der Waals surface area contributed by atoms with Gasteiger partial charge in [0.25, 0.3) is 0 Å². The molecule has 0 bridgehead atoms. The van der Waals surface area contributed by atoms with E-state index < -0.39 is 0 Å². The minimum Gasteiger partial charge on any atom is -0.349 e. The van der Waals surface area contributed by atoms with E-state index in [1.807, 2.05) is 6.92 Å². The van der Waals surface area contributed by atoms with Crippen molar-refractivity contribution < 1.29 is 4.79 Å². The number of hydrogen-bond acceptors (Lipinski definition) is 1. The van der Waals surface area contributed by atoms with Crippen LogP contribution in [-0.2, 0) is 4.79 Å². The maximum Gasteiger partial charge on any atom is 0.223 e. The fraction of sp³-hybridized carbons (Fsp3) is 0.933. The van der Waals surface area contributed by atoms with Gasteiger partial charge in [-0.1, -0.05) is 46.5 Å². The van der Waals surface area contributed by atoms with Crippen molar-refractivity contribution in [3.8, 4) is 0 Å². The lowest BCUT2D eigenvalue weighted by Gasteiger charge is -2.40. The maximum atomic E-state index is 12.2. The average molecular weight is 274 g/mol. The molecule has 1 fully saturated rings. The molecule has 0 heterocycles. The normalized spacial score (nSPS) is 29.9. The van der Waals surface area contributed by atoms with Gasteiger partial charge in [-0.15, -0.1) is 11.6 Å². The standard InChI is InChI=1S/C15H28ClNO/c1-4-5-8-13(3)14(18)17-15(11-16)9-6-7-12(2)10-15/h12-13H,4-11H2,1-3H3,(H,17,18). The van der Waals surface area contributed by atoms with E-state index in [-0.39, 0.29) is 17.4 Å². The molecule has 1 rings (SSSR count). The van der Waals surface area contributed by atoms with Crippen molar-refractivity contribution in [3.63, 3.8) is 0 Å². The number of carbonyl (C=O) groups is 1. The topological polar surface area (TPSA) is 29.1 Å². The van der Waals surface area contributed by atoms with E-state index in [0.717, 1.165) is 32.1 Å². The molecule has 18 heavy (non-hydrogen) atoms. The molecule has 1 N–H and O–H groups in total. The van der Waals surface area contributed by atoms with Gasteiger partial charge in [0.1, 0.15) is 0 Å². The van der Waals surface area contributed by atoms with E-state index in [2.05, 4.69) is 19.2 Å². The Morgan fingerprint density at radius 2 is 2.28 bits per heavy atom. The molecule has 106 valence electrons. The predicted molar refractivity (Wildman–Crippen MR) is 77.9 cm³/mol. The highest BCUT2D eigenvalue weighted by Gasteiger charge is 2.36. The van der Waals surface area contributed by atoms with Crippen LogP contribution in [0.25, 0.3) is 0 Å². The van der Waals surface area contributed by atoms with Crippen molar-refractivity contribution in [2.45, 2.75) is 71.3 Å². The third-order valence-corrected chi connectivity index (χ3v) is 4.69. The Kier molecular flexibility index (Phi) is 6.48. The molecule has 0 aromatic carbocycles. The summed E-state index contributed by atoms with van der Waals surface area (Å²) >= 11 is 6.14. The first-order chi connectivity index (χ1) is 8.53. The predicted octanol–water partition coefficient (Wildman–Crippen LogP) is 4.12. The largest absolute Gasteiger partial charge is 0.349 e. The second-order valence-electron chi connectivity index (χ2n) is 6.15. The van der Waals surface area contributed by atoms with Crippen LogP contribution in [0.4, 0.5) is 0 Å². The number of nitrogens with one attached hydrogen (secondary N) is 1. The smallest absolute Gasteiger partial charge is 0.223 e. The molecule has 1 aliphatic rings. The average Bonchev–Trinajstić information content (AvgIpc) is 2.35. The lowest BCUT2D eigenvalue weighted by molar-refractivity contribution is -0.127. The number of carbonyl (C=O) groups excluding carboxylic acids is 1. The SMILES string of the molecule is CCCCC(C)C(=O)NC1(CCl)CCCC(C)C1. The Morgan fingerprint density at radius 1 is 1.56 bits per heavy atom. The van der Waals surface area contributed by atoms with Gasteiger partial charge in [-0.2, -0.15) is 0 Å². The van der Waals surface area contributed by atoms with Crippen LogP contribution in [0.1, 0.15) is 65.7 Å². The number of alkyl halides is 1. The van der Waals surface area contributed by atoms with Gasteiger partial charge in [-0.3, -0.25) is 4.79 Å². The number of halogens is 1. The molecule has 3 atom stereocenters. The zero-order valence-corrected chi connectivity index (χ0v) is 12.9. The second-order valence-corrected chi connectivity index (χ2v) is 6.42. The summed E-state index contributed by atoms with van der Waals surface area (Å²) in [6.07, 6.45) is 7.76. The van der Waals surface area contributed by atoms with Crippen LogP contribution >= 0.6 is 11.6 Å². The van der Waals surface area contributed by atoms with Crippen molar-refractivity contribution in [2.24, 2.45) is 11.8 Å². The number of hydrogen-bond donors (Lipinski definition) is 1. The molecule has 1 amide bonds. The molecule has 0 aliphatic heterocycles. The Hall–Kier alpha value is -0.240. The van der Waals surface area contributed by atoms with Crippen LogP contribution in [0.15, 0.2) is 0 Å². The second kappa shape index (κ2) is 7.37. The van der Waals surface area contributed by atoms with Gasteiger partial charge in [0.2, 0.25) is 5.91 Å². The van der Waals surface area contributed by atoms with Gasteiger partial charge in [0, 0.05) is 11.8 Å². The van der Waals surface area contributed by atoms with Crippen LogP contribution in [0.5, 0.6) is 0 Å². The molecule has 3 unspecified atom stereocenters. The summed E-state index contributed by atoms with van der Waals surface area (Å²) in [6, 6.07) is 0. The van der Waals surface area contributed by atoms with E-state index in [9.17, 15) is 4.79 Å². The Labute approximate surface area is 117 Å². The van der Waals surface area contributed by atoms with Crippen molar-refractivity contribution in [1.82, 2.24) is 5.32 Å². The van der Waals surface area contributed by atoms with Crippen LogP contribution in [-0.4, -0.2) is 17.3 Å². The molecule has 1 saturated carbocycles. The van der Waals surface area contributed by atoms with E-state index >= 15 is 0 Å². The minimum absolute atomic E-state index is 0.113. The maximum absolute atomic E-state index is 12.2. The summed E-state index contributed by atoms with van der Waals surface area (Å²) < 4.78 is 0. The first-order valence-corrected chi connectivity index (χ1v) is 7.94. The van der Waals surface area contributed by atoms with E-state index in [4.69, 9.17) is 11.6 Å². The summed E-state index contributed by atoms with van der Waals surface area (Å²) in [4.78, 5) is 12.2. The van der Waals surface area contributed by atoms with Crippen molar-refractivity contribution in [2.75, 3.05) is 5.88 Å². The van der Waals surface area contributed by atoms with E-state index in [0.29, 0.717) is 11.8 Å². The zero-order chi connectivity index (χ0) is 13.6. The van der Waals surface area contributed by atoms with Crippen LogP contribution < -0.4 is 5.32 Å². The number of rotatable bonds is 6. The number of unbranched alkanes of at least 4 members (excludes halogenated alkanes) is 1. The highest BCUT2D eigenvalue weighted by Crippen LogP contribution is 2.33. The van der Waals surface area contributed by atoms with Gasteiger partial charge in [0.05, 0.1) is 5.54 Å². The van der Waals surface area contributed by atoms with Gasteiger partial charge in [-0.25, -0.2) is 0 Å². The monoisotopic (exact) mass is 273 g/mol.